The van der Waals surface area contributed by atoms with Crippen molar-refractivity contribution in [2.24, 2.45) is 0 Å². The molecule has 0 unspecified atom stereocenters. The highest BCUT2D eigenvalue weighted by atomic mass is 16.4. The average molecular weight is 233 g/mol. The summed E-state index contributed by atoms with van der Waals surface area (Å²) in [6, 6.07) is -0.0130. The van der Waals surface area contributed by atoms with Gasteiger partial charge in [-0.3, -0.25) is 9.59 Å². The van der Waals surface area contributed by atoms with E-state index in [-0.39, 0.29) is 12.6 Å². The molecule has 0 saturated carbocycles. The second-order valence-corrected chi connectivity index (χ2v) is 4.32. The zero-order valence-electron chi connectivity index (χ0n) is 9.50. The van der Waals surface area contributed by atoms with Gasteiger partial charge in [0.25, 0.3) is 0 Å². The van der Waals surface area contributed by atoms with Crippen molar-refractivity contribution >= 4 is 12.4 Å². The monoisotopic (exact) mass is 233 g/mol. The Morgan fingerprint density at radius 2 is 1.94 bits per heavy atom. The number of carboxylic acid groups (broad SMARTS) is 1. The van der Waals surface area contributed by atoms with Crippen LogP contribution < -0.4 is 0 Å². The summed E-state index contributed by atoms with van der Waals surface area (Å²) in [6.45, 7) is -0.220. The van der Waals surface area contributed by atoms with E-state index in [9.17, 15) is 9.59 Å². The molecule has 17 heavy (non-hydrogen) atoms. The molecule has 1 amide bonds. The maximum absolute atomic E-state index is 10.9. The first-order chi connectivity index (χ1) is 8.20. The number of allylic oxidation sites excluding steroid dienone is 4. The van der Waals surface area contributed by atoms with Crippen LogP contribution in [0.4, 0.5) is 0 Å². The van der Waals surface area contributed by atoms with E-state index in [1.807, 2.05) is 0 Å². The van der Waals surface area contributed by atoms with Gasteiger partial charge in [0.05, 0.1) is 0 Å². The van der Waals surface area contributed by atoms with Crippen molar-refractivity contribution in [3.63, 3.8) is 0 Å². The van der Waals surface area contributed by atoms with Gasteiger partial charge in [-0.25, -0.2) is 0 Å². The lowest BCUT2D eigenvalue weighted by Gasteiger charge is -2.23. The first-order valence-corrected chi connectivity index (χ1v) is 5.68. The number of nitrogens with zero attached hydrogens (tertiary/aromatic N) is 1. The van der Waals surface area contributed by atoms with Crippen LogP contribution in [0.3, 0.4) is 0 Å². The van der Waals surface area contributed by atoms with E-state index in [4.69, 9.17) is 5.11 Å². The molecule has 0 aromatic heterocycles. The molecule has 4 nitrogen and oxygen atoms in total. The van der Waals surface area contributed by atoms with E-state index < -0.39 is 5.97 Å². The second kappa shape index (κ2) is 4.99. The normalized spacial score (nSPS) is 19.1. The molecule has 4 heteroatoms. The summed E-state index contributed by atoms with van der Waals surface area (Å²) in [5.41, 5.74) is 2.45. The molecule has 0 bridgehead atoms. The van der Waals surface area contributed by atoms with Gasteiger partial charge >= 0.3 is 5.97 Å². The molecule has 0 aromatic rings. The van der Waals surface area contributed by atoms with Crippen LogP contribution in [-0.4, -0.2) is 35.0 Å². The zero-order valence-corrected chi connectivity index (χ0v) is 9.50. The van der Waals surface area contributed by atoms with Gasteiger partial charge in [0.15, 0.2) is 0 Å². The van der Waals surface area contributed by atoms with E-state index in [1.165, 1.54) is 16.0 Å². The number of hydrogen-bond donors (Lipinski definition) is 1. The summed E-state index contributed by atoms with van der Waals surface area (Å²) in [4.78, 5) is 22.9. The Balaban J connectivity index is 2.06. The van der Waals surface area contributed by atoms with Gasteiger partial charge in [0.1, 0.15) is 6.54 Å². The highest BCUT2D eigenvalue weighted by Crippen LogP contribution is 2.32. The molecule has 0 aliphatic heterocycles. The second-order valence-electron chi connectivity index (χ2n) is 4.32. The van der Waals surface area contributed by atoms with Gasteiger partial charge < -0.3 is 10.0 Å². The quantitative estimate of drug-likeness (QED) is 0.749. The van der Waals surface area contributed by atoms with E-state index in [1.54, 1.807) is 0 Å². The highest BCUT2D eigenvalue weighted by molar-refractivity contribution is 5.72. The number of carbonyl (C=O) groups excluding carboxylic acids is 1. The van der Waals surface area contributed by atoms with Crippen molar-refractivity contribution in [3.8, 4) is 0 Å². The van der Waals surface area contributed by atoms with E-state index >= 15 is 0 Å². The van der Waals surface area contributed by atoms with Gasteiger partial charge in [0, 0.05) is 6.04 Å². The van der Waals surface area contributed by atoms with Gasteiger partial charge in [-0.15, -0.1) is 0 Å². The fourth-order valence-corrected chi connectivity index (χ4v) is 2.33. The Morgan fingerprint density at radius 1 is 1.35 bits per heavy atom. The number of rotatable bonds is 4. The highest BCUT2D eigenvalue weighted by Gasteiger charge is 2.27. The fourth-order valence-electron chi connectivity index (χ4n) is 2.33. The standard InChI is InChI=1S/C13H15NO3/c15-9-14(8-13(16)17)12-6-10-4-2-1-3-5-11(10)7-12/h2-5,9,12H,1,6-8H2,(H,16,17). The zero-order chi connectivity index (χ0) is 12.3. The SMILES string of the molecule is O=CN(CC(=O)O)C1CC2=C(C=CCC=C2)C1. The molecule has 0 spiro atoms. The smallest absolute Gasteiger partial charge is 0.323 e. The number of aliphatic carboxylic acids is 1. The van der Waals surface area contributed by atoms with Gasteiger partial charge in [-0.2, -0.15) is 0 Å². The lowest BCUT2D eigenvalue weighted by Crippen LogP contribution is -2.36. The van der Waals surface area contributed by atoms with Crippen LogP contribution in [0, 0.1) is 0 Å². The number of amides is 1. The number of hydrogen-bond acceptors (Lipinski definition) is 2. The van der Waals surface area contributed by atoms with Gasteiger partial charge in [0.2, 0.25) is 6.41 Å². The third-order valence-electron chi connectivity index (χ3n) is 3.16. The number of carbonyl (C=O) groups is 2. The molecule has 0 fully saturated rings. The molecule has 0 atom stereocenters. The van der Waals surface area contributed by atoms with E-state index in [0.717, 1.165) is 19.3 Å². The summed E-state index contributed by atoms with van der Waals surface area (Å²) in [5, 5.41) is 8.74. The molecule has 0 radical (unpaired) electrons. The average Bonchev–Trinajstić information content (AvgIpc) is 2.57. The maximum atomic E-state index is 10.9. The van der Waals surface area contributed by atoms with Crippen LogP contribution in [0.1, 0.15) is 19.3 Å². The third kappa shape index (κ3) is 2.64. The topological polar surface area (TPSA) is 57.6 Å². The predicted octanol–water partition coefficient (Wildman–Crippen LogP) is 1.50. The predicted molar refractivity (Wildman–Crippen MR) is 63.4 cm³/mol. The van der Waals surface area contributed by atoms with Crippen molar-refractivity contribution < 1.29 is 14.7 Å². The van der Waals surface area contributed by atoms with Crippen LogP contribution in [0.5, 0.6) is 0 Å². The Labute approximate surface area is 99.9 Å². The maximum Gasteiger partial charge on any atom is 0.323 e. The fraction of sp³-hybridized carbons (Fsp3) is 0.385. The lowest BCUT2D eigenvalue weighted by atomic mass is 10.1. The van der Waals surface area contributed by atoms with Crippen LogP contribution in [0.25, 0.3) is 0 Å². The summed E-state index contributed by atoms with van der Waals surface area (Å²) >= 11 is 0. The van der Waals surface area contributed by atoms with Crippen molar-refractivity contribution in [3.05, 3.63) is 35.5 Å². The molecule has 1 N–H and O–H groups in total. The molecule has 2 aliphatic carbocycles. The van der Waals surface area contributed by atoms with Gasteiger partial charge in [-0.1, -0.05) is 24.3 Å². The molecule has 2 rings (SSSR count). The Bertz CT molecular complexity index is 396. The van der Waals surface area contributed by atoms with E-state index in [0.29, 0.717) is 6.41 Å². The van der Waals surface area contributed by atoms with Gasteiger partial charge in [-0.05, 0) is 30.4 Å². The van der Waals surface area contributed by atoms with Crippen LogP contribution in [0.2, 0.25) is 0 Å². The summed E-state index contributed by atoms with van der Waals surface area (Å²) in [5.74, 6) is -0.967. The molecular weight excluding hydrogens is 218 g/mol. The van der Waals surface area contributed by atoms with Crippen molar-refractivity contribution in [2.75, 3.05) is 6.54 Å². The molecular formula is C13H15NO3. The summed E-state index contributed by atoms with van der Waals surface area (Å²) in [7, 11) is 0. The van der Waals surface area contributed by atoms with Crippen LogP contribution in [-0.2, 0) is 9.59 Å². The molecule has 2 aliphatic rings. The molecule has 0 aromatic carbocycles. The lowest BCUT2D eigenvalue weighted by molar-refractivity contribution is -0.141. The first kappa shape index (κ1) is 11.6. The molecule has 90 valence electrons. The third-order valence-corrected chi connectivity index (χ3v) is 3.16. The minimum absolute atomic E-state index is 0.0130. The molecule has 0 saturated heterocycles. The minimum atomic E-state index is -0.967. The molecule has 0 heterocycles. The largest absolute Gasteiger partial charge is 0.480 e. The Hall–Kier alpha value is -1.84. The number of carboxylic acids is 1. The summed E-state index contributed by atoms with van der Waals surface area (Å²) < 4.78 is 0. The van der Waals surface area contributed by atoms with E-state index in [2.05, 4.69) is 24.3 Å². The first-order valence-electron chi connectivity index (χ1n) is 5.68. The van der Waals surface area contributed by atoms with Crippen molar-refractivity contribution in [1.29, 1.82) is 0 Å². The van der Waals surface area contributed by atoms with Crippen LogP contribution >= 0.6 is 0 Å². The minimum Gasteiger partial charge on any atom is -0.480 e. The summed E-state index contributed by atoms with van der Waals surface area (Å²) in [6.07, 6.45) is 11.4. The Kier molecular flexibility index (Phi) is 3.42. The Morgan fingerprint density at radius 3 is 2.41 bits per heavy atom. The van der Waals surface area contributed by atoms with Crippen molar-refractivity contribution in [2.45, 2.75) is 25.3 Å². The van der Waals surface area contributed by atoms with Crippen LogP contribution in [0.15, 0.2) is 35.5 Å². The van der Waals surface area contributed by atoms with Crippen molar-refractivity contribution in [1.82, 2.24) is 4.90 Å².